The van der Waals surface area contributed by atoms with Crippen LogP contribution in [0.5, 0.6) is 0 Å². The molecule has 8 heteroatoms. The minimum absolute atomic E-state index is 0.0229. The summed E-state index contributed by atoms with van der Waals surface area (Å²) in [5.74, 6) is -1.17. The Labute approximate surface area is 106 Å². The quantitative estimate of drug-likeness (QED) is 0.676. The first-order valence-corrected chi connectivity index (χ1v) is 7.12. The maximum atomic E-state index is 12.0. The Hall–Kier alpha value is -1.41. The van der Waals surface area contributed by atoms with Gasteiger partial charge >= 0.3 is 5.97 Å². The van der Waals surface area contributed by atoms with Crippen LogP contribution in [0.1, 0.15) is 31.9 Å². The van der Waals surface area contributed by atoms with Crippen molar-refractivity contribution in [3.63, 3.8) is 0 Å². The molecular formula is C10H17N3O4S. The summed E-state index contributed by atoms with van der Waals surface area (Å²) in [5, 5.41) is 15.1. The monoisotopic (exact) mass is 275 g/mol. The molecule has 0 amide bonds. The molecule has 3 N–H and O–H groups in total. The highest BCUT2D eigenvalue weighted by molar-refractivity contribution is 7.89. The Morgan fingerprint density at radius 1 is 1.61 bits per heavy atom. The highest BCUT2D eigenvalue weighted by atomic mass is 32.2. The molecule has 1 heterocycles. The molecule has 0 radical (unpaired) electrons. The molecule has 0 bridgehead atoms. The number of rotatable bonds is 7. The SMILES string of the molecule is CCCCC(NS(=O)(=O)c1cn[nH]c1C)C(=O)O. The van der Waals surface area contributed by atoms with E-state index in [1.54, 1.807) is 6.92 Å². The van der Waals surface area contributed by atoms with E-state index in [-0.39, 0.29) is 11.3 Å². The van der Waals surface area contributed by atoms with Crippen molar-refractivity contribution in [3.05, 3.63) is 11.9 Å². The predicted octanol–water partition coefficient (Wildman–Crippen LogP) is 0.640. The van der Waals surface area contributed by atoms with E-state index in [4.69, 9.17) is 5.11 Å². The molecule has 0 saturated carbocycles. The van der Waals surface area contributed by atoms with Crippen LogP contribution in [0, 0.1) is 6.92 Å². The fraction of sp³-hybridized carbons (Fsp3) is 0.600. The molecular weight excluding hydrogens is 258 g/mol. The Bertz CT molecular complexity index is 509. The van der Waals surface area contributed by atoms with Gasteiger partial charge < -0.3 is 5.11 Å². The number of hydrogen-bond donors (Lipinski definition) is 3. The summed E-state index contributed by atoms with van der Waals surface area (Å²) in [5.41, 5.74) is 0.377. The number of H-pyrrole nitrogens is 1. The van der Waals surface area contributed by atoms with Gasteiger partial charge in [0.2, 0.25) is 10.0 Å². The van der Waals surface area contributed by atoms with Gasteiger partial charge in [-0.3, -0.25) is 9.89 Å². The predicted molar refractivity (Wildman–Crippen MR) is 64.6 cm³/mol. The molecule has 0 saturated heterocycles. The number of nitrogens with one attached hydrogen (secondary N) is 2. The van der Waals surface area contributed by atoms with E-state index >= 15 is 0 Å². The summed E-state index contributed by atoms with van der Waals surface area (Å²) in [7, 11) is -3.85. The Morgan fingerprint density at radius 3 is 2.72 bits per heavy atom. The molecule has 1 aromatic heterocycles. The number of sulfonamides is 1. The molecule has 0 fully saturated rings. The van der Waals surface area contributed by atoms with E-state index in [0.29, 0.717) is 12.1 Å². The van der Waals surface area contributed by atoms with Gasteiger partial charge in [-0.1, -0.05) is 19.8 Å². The highest BCUT2D eigenvalue weighted by Crippen LogP contribution is 2.13. The van der Waals surface area contributed by atoms with Crippen LogP contribution < -0.4 is 4.72 Å². The van der Waals surface area contributed by atoms with Gasteiger partial charge in [-0.15, -0.1) is 0 Å². The van der Waals surface area contributed by atoms with Crippen LogP contribution in [0.2, 0.25) is 0 Å². The van der Waals surface area contributed by atoms with Gasteiger partial charge in [-0.25, -0.2) is 8.42 Å². The number of aromatic amines is 1. The second-order valence-corrected chi connectivity index (χ2v) is 5.70. The minimum atomic E-state index is -3.85. The number of aryl methyl sites for hydroxylation is 1. The smallest absolute Gasteiger partial charge is 0.321 e. The normalized spacial score (nSPS) is 13.4. The van der Waals surface area contributed by atoms with Gasteiger partial charge in [-0.05, 0) is 13.3 Å². The van der Waals surface area contributed by atoms with E-state index < -0.39 is 22.0 Å². The van der Waals surface area contributed by atoms with Gasteiger partial charge in [0, 0.05) is 0 Å². The standard InChI is InChI=1S/C10H17N3O4S/c1-3-4-5-8(10(14)15)13-18(16,17)9-6-11-12-7(9)2/h6,8,13H,3-5H2,1-2H3,(H,11,12)(H,14,15). The molecule has 18 heavy (non-hydrogen) atoms. The van der Waals surface area contributed by atoms with Crippen molar-refractivity contribution in [2.75, 3.05) is 0 Å². The Balaban J connectivity index is 2.86. The minimum Gasteiger partial charge on any atom is -0.480 e. The van der Waals surface area contributed by atoms with Crippen LogP contribution in [0.15, 0.2) is 11.1 Å². The first-order valence-electron chi connectivity index (χ1n) is 5.63. The average molecular weight is 275 g/mol. The molecule has 0 aliphatic carbocycles. The maximum absolute atomic E-state index is 12.0. The van der Waals surface area contributed by atoms with Crippen LogP contribution in [0.3, 0.4) is 0 Å². The van der Waals surface area contributed by atoms with Gasteiger partial charge in [0.1, 0.15) is 10.9 Å². The Morgan fingerprint density at radius 2 is 2.28 bits per heavy atom. The molecule has 1 rings (SSSR count). The topological polar surface area (TPSA) is 112 Å². The lowest BCUT2D eigenvalue weighted by molar-refractivity contribution is -0.139. The van der Waals surface area contributed by atoms with Crippen molar-refractivity contribution in [3.8, 4) is 0 Å². The van der Waals surface area contributed by atoms with Crippen LogP contribution in [0.4, 0.5) is 0 Å². The Kier molecular flexibility index (Phi) is 4.85. The van der Waals surface area contributed by atoms with Gasteiger partial charge in [0.05, 0.1) is 11.9 Å². The second-order valence-electron chi connectivity index (χ2n) is 4.01. The van der Waals surface area contributed by atoms with Crippen LogP contribution in [-0.2, 0) is 14.8 Å². The third-order valence-electron chi connectivity index (χ3n) is 2.52. The zero-order chi connectivity index (χ0) is 13.8. The van der Waals surface area contributed by atoms with Crippen LogP contribution in [0.25, 0.3) is 0 Å². The third kappa shape index (κ3) is 3.54. The molecule has 0 aliphatic heterocycles. The van der Waals surface area contributed by atoms with Gasteiger partial charge in [-0.2, -0.15) is 9.82 Å². The van der Waals surface area contributed by atoms with Gasteiger partial charge in [0.15, 0.2) is 0 Å². The molecule has 1 aromatic rings. The number of hydrogen-bond acceptors (Lipinski definition) is 4. The summed E-state index contributed by atoms with van der Waals surface area (Å²) in [6.07, 6.45) is 2.87. The summed E-state index contributed by atoms with van der Waals surface area (Å²) < 4.78 is 26.1. The number of carbonyl (C=O) groups is 1. The lowest BCUT2D eigenvalue weighted by Gasteiger charge is -2.13. The zero-order valence-electron chi connectivity index (χ0n) is 10.3. The van der Waals surface area contributed by atoms with Crippen molar-refractivity contribution in [2.24, 2.45) is 0 Å². The second kappa shape index (κ2) is 5.96. The summed E-state index contributed by atoms with van der Waals surface area (Å²) >= 11 is 0. The first-order chi connectivity index (χ1) is 8.38. The number of carboxylic acid groups (broad SMARTS) is 1. The number of aromatic nitrogens is 2. The summed E-state index contributed by atoms with van der Waals surface area (Å²) in [6.45, 7) is 3.47. The number of carboxylic acids is 1. The fourth-order valence-corrected chi connectivity index (χ4v) is 2.86. The zero-order valence-corrected chi connectivity index (χ0v) is 11.1. The largest absolute Gasteiger partial charge is 0.480 e. The van der Waals surface area contributed by atoms with Crippen molar-refractivity contribution >= 4 is 16.0 Å². The molecule has 102 valence electrons. The van der Waals surface area contributed by atoms with E-state index in [0.717, 1.165) is 12.6 Å². The van der Waals surface area contributed by atoms with Crippen molar-refractivity contribution in [1.29, 1.82) is 0 Å². The first kappa shape index (κ1) is 14.7. The molecule has 0 aliphatic rings. The average Bonchev–Trinajstić information content (AvgIpc) is 2.71. The van der Waals surface area contributed by atoms with Crippen molar-refractivity contribution < 1.29 is 18.3 Å². The molecule has 7 nitrogen and oxygen atoms in total. The molecule has 1 unspecified atom stereocenters. The van der Waals surface area contributed by atoms with Gasteiger partial charge in [0.25, 0.3) is 0 Å². The summed E-state index contributed by atoms with van der Waals surface area (Å²) in [4.78, 5) is 11.0. The molecule has 0 spiro atoms. The van der Waals surface area contributed by atoms with Crippen molar-refractivity contribution in [1.82, 2.24) is 14.9 Å². The van der Waals surface area contributed by atoms with E-state index in [1.807, 2.05) is 6.92 Å². The van der Waals surface area contributed by atoms with E-state index in [2.05, 4.69) is 14.9 Å². The highest BCUT2D eigenvalue weighted by Gasteiger charge is 2.26. The van der Waals surface area contributed by atoms with Crippen LogP contribution in [-0.4, -0.2) is 35.7 Å². The van der Waals surface area contributed by atoms with Crippen molar-refractivity contribution in [2.45, 2.75) is 44.0 Å². The fourth-order valence-electron chi connectivity index (χ4n) is 1.50. The number of aliphatic carboxylic acids is 1. The van der Waals surface area contributed by atoms with E-state index in [9.17, 15) is 13.2 Å². The van der Waals surface area contributed by atoms with Crippen LogP contribution >= 0.6 is 0 Å². The third-order valence-corrected chi connectivity index (χ3v) is 4.10. The van der Waals surface area contributed by atoms with E-state index in [1.165, 1.54) is 0 Å². The lowest BCUT2D eigenvalue weighted by Crippen LogP contribution is -2.40. The maximum Gasteiger partial charge on any atom is 0.321 e. The lowest BCUT2D eigenvalue weighted by atomic mass is 10.1. The number of nitrogens with zero attached hydrogens (tertiary/aromatic N) is 1. The molecule has 1 atom stereocenters. The summed E-state index contributed by atoms with van der Waals surface area (Å²) in [6, 6.07) is -1.11. The number of unbranched alkanes of at least 4 members (excludes halogenated alkanes) is 1. The molecule has 0 aromatic carbocycles.